The van der Waals surface area contributed by atoms with E-state index in [1.54, 1.807) is 0 Å². The third-order valence-electron chi connectivity index (χ3n) is 2.44. The minimum absolute atomic E-state index is 0.00241. The number of carbonyl (C=O) groups is 2. The Bertz CT molecular complexity index is 366. The quantitative estimate of drug-likeness (QED) is 0.734. The summed E-state index contributed by atoms with van der Waals surface area (Å²) < 4.78 is 0. The molecule has 0 aromatic carbocycles. The molecule has 0 heterocycles. The standard InChI is InChI=1S/C11H14N2O3/c12-7-8-3-1-4-9(8)13-10(14)5-2-6-11(15)16/h1-6H2,(H,13,14)(H,15,16). The monoisotopic (exact) mass is 222 g/mol. The van der Waals surface area contributed by atoms with Gasteiger partial charge in [-0.2, -0.15) is 5.26 Å². The van der Waals surface area contributed by atoms with Crippen LogP contribution < -0.4 is 5.32 Å². The van der Waals surface area contributed by atoms with Crippen molar-refractivity contribution in [2.24, 2.45) is 0 Å². The van der Waals surface area contributed by atoms with Crippen molar-refractivity contribution in [2.75, 3.05) is 0 Å². The van der Waals surface area contributed by atoms with E-state index >= 15 is 0 Å². The average Bonchev–Trinajstić information content (AvgIpc) is 2.64. The lowest BCUT2D eigenvalue weighted by Crippen LogP contribution is -2.22. The van der Waals surface area contributed by atoms with E-state index in [4.69, 9.17) is 10.4 Å². The molecule has 86 valence electrons. The lowest BCUT2D eigenvalue weighted by molar-refractivity contribution is -0.137. The molecule has 1 aliphatic carbocycles. The number of hydrogen-bond acceptors (Lipinski definition) is 3. The summed E-state index contributed by atoms with van der Waals surface area (Å²) in [5.74, 6) is -1.10. The van der Waals surface area contributed by atoms with Crippen molar-refractivity contribution >= 4 is 11.9 Å². The number of hydrogen-bond donors (Lipinski definition) is 2. The second-order valence-electron chi connectivity index (χ2n) is 3.72. The Balaban J connectivity index is 2.35. The molecule has 0 bridgehead atoms. The minimum atomic E-state index is -0.898. The van der Waals surface area contributed by atoms with E-state index < -0.39 is 5.97 Å². The number of aliphatic carboxylic acids is 1. The van der Waals surface area contributed by atoms with E-state index in [-0.39, 0.29) is 18.7 Å². The Labute approximate surface area is 93.8 Å². The second kappa shape index (κ2) is 5.91. The molecular weight excluding hydrogens is 208 g/mol. The number of nitrogens with zero attached hydrogens (tertiary/aromatic N) is 1. The number of amides is 1. The van der Waals surface area contributed by atoms with Gasteiger partial charge in [-0.15, -0.1) is 0 Å². The van der Waals surface area contributed by atoms with Crippen molar-refractivity contribution < 1.29 is 14.7 Å². The van der Waals surface area contributed by atoms with Crippen LogP contribution in [0.1, 0.15) is 38.5 Å². The SMILES string of the molecule is N#CC1=C(NC(=O)CCCC(=O)O)CCC1. The van der Waals surface area contributed by atoms with Gasteiger partial charge in [0.2, 0.25) is 5.91 Å². The first-order valence-electron chi connectivity index (χ1n) is 5.27. The van der Waals surface area contributed by atoms with Crippen LogP contribution >= 0.6 is 0 Å². The maximum atomic E-state index is 11.4. The van der Waals surface area contributed by atoms with Crippen molar-refractivity contribution in [1.29, 1.82) is 5.26 Å². The molecule has 0 aliphatic heterocycles. The summed E-state index contributed by atoms with van der Waals surface area (Å²) in [4.78, 5) is 21.6. The molecule has 1 amide bonds. The Hall–Kier alpha value is -1.83. The van der Waals surface area contributed by atoms with Crippen molar-refractivity contribution in [1.82, 2.24) is 5.32 Å². The molecule has 1 aliphatic rings. The summed E-state index contributed by atoms with van der Waals surface area (Å²) in [6.07, 6.45) is 2.87. The summed E-state index contributed by atoms with van der Waals surface area (Å²) in [5, 5.41) is 19.8. The van der Waals surface area contributed by atoms with E-state index in [1.807, 2.05) is 0 Å². The molecule has 0 unspecified atom stereocenters. The molecule has 0 spiro atoms. The summed E-state index contributed by atoms with van der Waals surface area (Å²) >= 11 is 0. The van der Waals surface area contributed by atoms with Crippen LogP contribution in [0.4, 0.5) is 0 Å². The lowest BCUT2D eigenvalue weighted by atomic mass is 10.2. The molecule has 0 aromatic heterocycles. The number of carboxylic acids is 1. The van der Waals surface area contributed by atoms with Gasteiger partial charge in [0.1, 0.15) is 0 Å². The predicted octanol–water partition coefficient (Wildman–Crippen LogP) is 1.32. The zero-order valence-electron chi connectivity index (χ0n) is 8.95. The van der Waals surface area contributed by atoms with Crippen molar-refractivity contribution in [3.63, 3.8) is 0 Å². The fraction of sp³-hybridized carbons (Fsp3) is 0.545. The van der Waals surface area contributed by atoms with Gasteiger partial charge in [-0.1, -0.05) is 0 Å². The van der Waals surface area contributed by atoms with Gasteiger partial charge in [-0.25, -0.2) is 0 Å². The van der Waals surface area contributed by atoms with Crippen molar-refractivity contribution in [3.05, 3.63) is 11.3 Å². The maximum absolute atomic E-state index is 11.4. The minimum Gasteiger partial charge on any atom is -0.481 e. The highest BCUT2D eigenvalue weighted by Gasteiger charge is 2.16. The Morgan fingerprint density at radius 3 is 2.75 bits per heavy atom. The van der Waals surface area contributed by atoms with Gasteiger partial charge in [0, 0.05) is 24.1 Å². The first-order chi connectivity index (χ1) is 7.63. The van der Waals surface area contributed by atoms with Gasteiger partial charge < -0.3 is 10.4 Å². The van der Waals surface area contributed by atoms with Crippen LogP contribution in [-0.2, 0) is 9.59 Å². The Morgan fingerprint density at radius 1 is 1.38 bits per heavy atom. The van der Waals surface area contributed by atoms with Crippen LogP contribution in [0.3, 0.4) is 0 Å². The summed E-state index contributed by atoms with van der Waals surface area (Å²) in [6, 6.07) is 2.06. The molecule has 0 aromatic rings. The second-order valence-corrected chi connectivity index (χ2v) is 3.72. The fourth-order valence-corrected chi connectivity index (χ4v) is 1.64. The van der Waals surface area contributed by atoms with Gasteiger partial charge in [-0.3, -0.25) is 9.59 Å². The highest BCUT2D eigenvalue weighted by atomic mass is 16.4. The van der Waals surface area contributed by atoms with Gasteiger partial charge in [0.05, 0.1) is 6.07 Å². The summed E-state index contributed by atoms with van der Waals surface area (Å²) in [7, 11) is 0. The maximum Gasteiger partial charge on any atom is 0.303 e. The van der Waals surface area contributed by atoms with E-state index in [0.29, 0.717) is 17.7 Å². The topological polar surface area (TPSA) is 90.2 Å². The summed E-state index contributed by atoms with van der Waals surface area (Å²) in [6.45, 7) is 0. The van der Waals surface area contributed by atoms with E-state index in [1.165, 1.54) is 0 Å². The summed E-state index contributed by atoms with van der Waals surface area (Å²) in [5.41, 5.74) is 1.36. The lowest BCUT2D eigenvalue weighted by Gasteiger charge is -2.05. The van der Waals surface area contributed by atoms with Crippen LogP contribution in [0.15, 0.2) is 11.3 Å². The molecular formula is C11H14N2O3. The highest BCUT2D eigenvalue weighted by molar-refractivity contribution is 5.78. The van der Waals surface area contributed by atoms with Gasteiger partial charge in [0.25, 0.3) is 0 Å². The number of nitriles is 1. The van der Waals surface area contributed by atoms with Crippen LogP contribution in [0, 0.1) is 11.3 Å². The molecule has 1 rings (SSSR count). The van der Waals surface area contributed by atoms with Crippen LogP contribution in [0.25, 0.3) is 0 Å². The zero-order chi connectivity index (χ0) is 12.0. The molecule has 5 nitrogen and oxygen atoms in total. The molecule has 0 radical (unpaired) electrons. The average molecular weight is 222 g/mol. The van der Waals surface area contributed by atoms with Crippen LogP contribution in [0.2, 0.25) is 0 Å². The normalized spacial score (nSPS) is 14.7. The first-order valence-corrected chi connectivity index (χ1v) is 5.27. The molecule has 0 atom stereocenters. The smallest absolute Gasteiger partial charge is 0.303 e. The largest absolute Gasteiger partial charge is 0.481 e. The van der Waals surface area contributed by atoms with E-state index in [9.17, 15) is 9.59 Å². The van der Waals surface area contributed by atoms with Crippen LogP contribution in [-0.4, -0.2) is 17.0 Å². The van der Waals surface area contributed by atoms with Gasteiger partial charge in [-0.05, 0) is 25.7 Å². The van der Waals surface area contributed by atoms with Crippen LogP contribution in [0.5, 0.6) is 0 Å². The molecule has 0 saturated carbocycles. The molecule has 0 fully saturated rings. The highest BCUT2D eigenvalue weighted by Crippen LogP contribution is 2.23. The number of carboxylic acid groups (broad SMARTS) is 1. The van der Waals surface area contributed by atoms with Gasteiger partial charge in [0.15, 0.2) is 0 Å². The van der Waals surface area contributed by atoms with Gasteiger partial charge >= 0.3 is 5.97 Å². The number of nitrogens with one attached hydrogen (secondary N) is 1. The third-order valence-corrected chi connectivity index (χ3v) is 2.44. The first kappa shape index (κ1) is 12.2. The Kier molecular flexibility index (Phi) is 4.52. The number of carbonyl (C=O) groups excluding carboxylic acids is 1. The Morgan fingerprint density at radius 2 is 2.12 bits per heavy atom. The van der Waals surface area contributed by atoms with Crippen molar-refractivity contribution in [3.8, 4) is 6.07 Å². The predicted molar refractivity (Wildman–Crippen MR) is 56.1 cm³/mol. The molecule has 5 heteroatoms. The molecule has 2 N–H and O–H groups in total. The fourth-order valence-electron chi connectivity index (χ4n) is 1.64. The number of allylic oxidation sites excluding steroid dienone is 2. The third kappa shape index (κ3) is 3.73. The van der Waals surface area contributed by atoms with E-state index in [0.717, 1.165) is 19.3 Å². The molecule has 0 saturated heterocycles. The molecule has 16 heavy (non-hydrogen) atoms. The van der Waals surface area contributed by atoms with E-state index in [2.05, 4.69) is 11.4 Å². The van der Waals surface area contributed by atoms with Crippen molar-refractivity contribution in [2.45, 2.75) is 38.5 Å². The zero-order valence-corrected chi connectivity index (χ0v) is 8.95. The number of rotatable bonds is 5.